The summed E-state index contributed by atoms with van der Waals surface area (Å²) in [5, 5.41) is 2.91. The van der Waals surface area contributed by atoms with Crippen LogP contribution in [0.15, 0.2) is 47.4 Å². The fourth-order valence-corrected chi connectivity index (χ4v) is 2.02. The average molecular weight is 263 g/mol. The Morgan fingerprint density at radius 3 is 2.94 bits per heavy atom. The van der Waals surface area contributed by atoms with E-state index >= 15 is 0 Å². The molecule has 0 fully saturated rings. The van der Waals surface area contributed by atoms with Crippen LogP contribution in [-0.4, -0.2) is 6.54 Å². The molecule has 0 saturated carbocycles. The van der Waals surface area contributed by atoms with E-state index < -0.39 is 0 Å². The number of furan rings is 1. The Hall–Kier alpha value is -1.51. The van der Waals surface area contributed by atoms with Crippen LogP contribution in [0.1, 0.15) is 11.3 Å². The Bertz CT molecular complexity index is 545. The van der Waals surface area contributed by atoms with Crippen molar-refractivity contribution in [2.24, 2.45) is 0 Å². The molecule has 94 valence electrons. The topological polar surface area (TPSA) is 29.8 Å². The van der Waals surface area contributed by atoms with Gasteiger partial charge in [-0.2, -0.15) is 0 Å². The van der Waals surface area contributed by atoms with E-state index in [2.05, 4.69) is 11.9 Å². The summed E-state index contributed by atoms with van der Waals surface area (Å²) < 4.78 is 5.83. The Kier molecular flexibility index (Phi) is 4.24. The standard InChI is InChI=1S/C15H16ClNO/c1-3-9-17-10-12-7-8-15(18-12)13-5-4-6-14(16)11(13)2/h3-8,17H,1,9-10H2,2H3/p+1. The summed E-state index contributed by atoms with van der Waals surface area (Å²) in [6.45, 7) is 7.41. The fourth-order valence-electron chi connectivity index (χ4n) is 1.85. The first-order valence-electron chi connectivity index (χ1n) is 5.99. The van der Waals surface area contributed by atoms with Gasteiger partial charge >= 0.3 is 0 Å². The third kappa shape index (κ3) is 2.84. The summed E-state index contributed by atoms with van der Waals surface area (Å²) in [5.41, 5.74) is 2.10. The molecule has 0 atom stereocenters. The SMILES string of the molecule is C=CC[NH2+]Cc1ccc(-c2cccc(Cl)c2C)o1. The first-order chi connectivity index (χ1) is 8.72. The van der Waals surface area contributed by atoms with E-state index in [1.165, 1.54) is 0 Å². The summed E-state index contributed by atoms with van der Waals surface area (Å²) >= 11 is 6.11. The largest absolute Gasteiger partial charge is 0.455 e. The van der Waals surface area contributed by atoms with Crippen molar-refractivity contribution in [1.82, 2.24) is 0 Å². The molecule has 0 amide bonds. The summed E-state index contributed by atoms with van der Waals surface area (Å²) in [6, 6.07) is 9.86. The zero-order valence-corrected chi connectivity index (χ0v) is 11.2. The van der Waals surface area contributed by atoms with Gasteiger partial charge in [0.2, 0.25) is 0 Å². The second-order valence-corrected chi connectivity index (χ2v) is 4.60. The molecule has 2 rings (SSSR count). The van der Waals surface area contributed by atoms with E-state index in [1.54, 1.807) is 0 Å². The van der Waals surface area contributed by atoms with Crippen molar-refractivity contribution < 1.29 is 9.73 Å². The molecule has 1 aromatic heterocycles. The molecule has 3 heteroatoms. The van der Waals surface area contributed by atoms with E-state index in [0.29, 0.717) is 0 Å². The second kappa shape index (κ2) is 5.89. The number of halogens is 1. The monoisotopic (exact) mass is 262 g/mol. The molecular formula is C15H17ClNO+. The third-order valence-corrected chi connectivity index (χ3v) is 3.28. The van der Waals surface area contributed by atoms with Gasteiger partial charge < -0.3 is 9.73 Å². The maximum atomic E-state index is 6.11. The van der Waals surface area contributed by atoms with Gasteiger partial charge in [-0.3, -0.25) is 0 Å². The van der Waals surface area contributed by atoms with Gasteiger partial charge in [0.05, 0.1) is 6.54 Å². The lowest BCUT2D eigenvalue weighted by atomic mass is 10.1. The minimum atomic E-state index is 0.767. The van der Waals surface area contributed by atoms with Crippen LogP contribution in [0, 0.1) is 6.92 Å². The lowest BCUT2D eigenvalue weighted by Crippen LogP contribution is -2.82. The van der Waals surface area contributed by atoms with Gasteiger partial charge in [-0.25, -0.2) is 0 Å². The quantitative estimate of drug-likeness (QED) is 0.651. The van der Waals surface area contributed by atoms with Crippen LogP contribution in [0.3, 0.4) is 0 Å². The molecular weight excluding hydrogens is 246 g/mol. The van der Waals surface area contributed by atoms with Crippen LogP contribution >= 0.6 is 11.6 Å². The number of hydrogen-bond acceptors (Lipinski definition) is 1. The van der Waals surface area contributed by atoms with E-state index in [4.69, 9.17) is 16.0 Å². The lowest BCUT2D eigenvalue weighted by molar-refractivity contribution is -0.663. The molecule has 2 N–H and O–H groups in total. The van der Waals surface area contributed by atoms with Gasteiger partial charge in [0, 0.05) is 10.6 Å². The Morgan fingerprint density at radius 1 is 1.33 bits per heavy atom. The summed E-state index contributed by atoms with van der Waals surface area (Å²) in [4.78, 5) is 0. The predicted molar refractivity (Wildman–Crippen MR) is 74.6 cm³/mol. The molecule has 1 heterocycles. The van der Waals surface area contributed by atoms with E-state index in [-0.39, 0.29) is 0 Å². The number of quaternary nitrogens is 1. The van der Waals surface area contributed by atoms with Gasteiger partial charge in [-0.15, -0.1) is 0 Å². The van der Waals surface area contributed by atoms with Crippen molar-refractivity contribution >= 4 is 11.6 Å². The summed E-state index contributed by atoms with van der Waals surface area (Å²) in [6.07, 6.45) is 1.88. The van der Waals surface area contributed by atoms with Crippen LogP contribution in [0.2, 0.25) is 5.02 Å². The van der Waals surface area contributed by atoms with Gasteiger partial charge in [0.25, 0.3) is 0 Å². The highest BCUT2D eigenvalue weighted by molar-refractivity contribution is 6.31. The molecule has 1 aromatic carbocycles. The lowest BCUT2D eigenvalue weighted by Gasteiger charge is -2.04. The number of rotatable bonds is 5. The highest BCUT2D eigenvalue weighted by Crippen LogP contribution is 2.29. The minimum Gasteiger partial charge on any atom is -0.455 e. The minimum absolute atomic E-state index is 0.767. The van der Waals surface area contributed by atoms with Crippen LogP contribution in [-0.2, 0) is 6.54 Å². The number of benzene rings is 1. The van der Waals surface area contributed by atoms with Gasteiger partial charge in [-0.1, -0.05) is 30.3 Å². The van der Waals surface area contributed by atoms with E-state index in [9.17, 15) is 0 Å². The highest BCUT2D eigenvalue weighted by Gasteiger charge is 2.09. The van der Waals surface area contributed by atoms with Crippen molar-refractivity contribution in [2.45, 2.75) is 13.5 Å². The molecule has 0 saturated heterocycles. The molecule has 0 radical (unpaired) electrons. The Morgan fingerprint density at radius 2 is 2.17 bits per heavy atom. The maximum Gasteiger partial charge on any atom is 0.158 e. The predicted octanol–water partition coefficient (Wildman–Crippen LogP) is 3.16. The van der Waals surface area contributed by atoms with Gasteiger partial charge in [-0.05, 0) is 36.8 Å². The van der Waals surface area contributed by atoms with E-state index in [1.807, 2.05) is 43.3 Å². The molecule has 0 unspecified atom stereocenters. The van der Waals surface area contributed by atoms with Crippen molar-refractivity contribution in [3.8, 4) is 11.3 Å². The van der Waals surface area contributed by atoms with Gasteiger partial charge in [0.15, 0.2) is 5.76 Å². The number of hydrogen-bond donors (Lipinski definition) is 1. The van der Waals surface area contributed by atoms with Crippen molar-refractivity contribution in [3.63, 3.8) is 0 Å². The normalized spacial score (nSPS) is 10.6. The maximum absolute atomic E-state index is 6.11. The van der Waals surface area contributed by atoms with E-state index in [0.717, 1.165) is 40.8 Å². The molecule has 0 spiro atoms. The zero-order chi connectivity index (χ0) is 13.0. The molecule has 0 aliphatic rings. The molecule has 0 aliphatic carbocycles. The number of nitrogens with two attached hydrogens (primary N) is 1. The second-order valence-electron chi connectivity index (χ2n) is 4.20. The average Bonchev–Trinajstić information content (AvgIpc) is 2.82. The Balaban J connectivity index is 2.19. The fraction of sp³-hybridized carbons (Fsp3) is 0.200. The molecule has 2 aromatic rings. The Labute approximate surface area is 112 Å². The van der Waals surface area contributed by atoms with Crippen LogP contribution in [0.25, 0.3) is 11.3 Å². The van der Waals surface area contributed by atoms with Crippen molar-refractivity contribution in [3.05, 3.63) is 59.3 Å². The molecule has 18 heavy (non-hydrogen) atoms. The van der Waals surface area contributed by atoms with Crippen LogP contribution in [0.5, 0.6) is 0 Å². The summed E-state index contributed by atoms with van der Waals surface area (Å²) in [5.74, 6) is 1.84. The van der Waals surface area contributed by atoms with Crippen LogP contribution in [0.4, 0.5) is 0 Å². The zero-order valence-electron chi connectivity index (χ0n) is 10.4. The first-order valence-corrected chi connectivity index (χ1v) is 6.37. The first kappa shape index (κ1) is 12.9. The van der Waals surface area contributed by atoms with Gasteiger partial charge in [0.1, 0.15) is 12.3 Å². The smallest absolute Gasteiger partial charge is 0.158 e. The van der Waals surface area contributed by atoms with Crippen LogP contribution < -0.4 is 5.32 Å². The molecule has 0 bridgehead atoms. The molecule has 2 nitrogen and oxygen atoms in total. The molecule has 0 aliphatic heterocycles. The highest BCUT2D eigenvalue weighted by atomic mass is 35.5. The summed E-state index contributed by atoms with van der Waals surface area (Å²) in [7, 11) is 0. The van der Waals surface area contributed by atoms with Crippen molar-refractivity contribution in [2.75, 3.05) is 6.54 Å². The van der Waals surface area contributed by atoms with Crippen molar-refractivity contribution in [1.29, 1.82) is 0 Å². The third-order valence-electron chi connectivity index (χ3n) is 2.87.